The fourth-order valence-electron chi connectivity index (χ4n) is 3.56. The molecule has 0 radical (unpaired) electrons. The molecule has 3 atom stereocenters. The zero-order valence-corrected chi connectivity index (χ0v) is 14.0. The first kappa shape index (κ1) is 17.3. The summed E-state index contributed by atoms with van der Waals surface area (Å²) < 4.78 is 4.94. The van der Waals surface area contributed by atoms with Crippen molar-refractivity contribution in [3.05, 3.63) is 12.2 Å². The number of fused-ring (bicyclic) bond motifs is 1. The zero-order chi connectivity index (χ0) is 18.1. The number of ether oxygens (including phenoxy) is 1. The molecule has 25 heavy (non-hydrogen) atoms. The summed E-state index contributed by atoms with van der Waals surface area (Å²) in [5.74, 6) is -3.27. The molecule has 8 heteroatoms. The number of nitrogens with zero attached hydrogens (tertiary/aromatic N) is 2. The molecule has 2 saturated heterocycles. The quantitative estimate of drug-likeness (QED) is 0.403. The number of esters is 1. The van der Waals surface area contributed by atoms with Crippen LogP contribution < -0.4 is 0 Å². The number of imide groups is 2. The molecule has 0 unspecified atom stereocenters. The molecule has 2 heterocycles. The summed E-state index contributed by atoms with van der Waals surface area (Å²) in [5.41, 5.74) is 0. The van der Waals surface area contributed by atoms with E-state index in [0.717, 1.165) is 9.80 Å². The van der Waals surface area contributed by atoms with Crippen molar-refractivity contribution in [2.75, 3.05) is 13.2 Å². The molecule has 0 bridgehead atoms. The van der Waals surface area contributed by atoms with Crippen molar-refractivity contribution in [3.8, 4) is 0 Å². The summed E-state index contributed by atoms with van der Waals surface area (Å²) in [6.07, 6.45) is 5.62. The van der Waals surface area contributed by atoms with Gasteiger partial charge in [0.15, 0.2) is 6.61 Å². The Morgan fingerprint density at radius 1 is 1.16 bits per heavy atom. The predicted molar refractivity (Wildman–Crippen MR) is 83.6 cm³/mol. The van der Waals surface area contributed by atoms with E-state index in [0.29, 0.717) is 32.2 Å². The Kier molecular flexibility index (Phi) is 4.69. The average molecular weight is 348 g/mol. The highest BCUT2D eigenvalue weighted by Crippen LogP contribution is 2.36. The lowest BCUT2D eigenvalue weighted by Gasteiger charge is -2.22. The number of allylic oxidation sites excluding steroid dienone is 2. The van der Waals surface area contributed by atoms with Crippen LogP contribution in [0.4, 0.5) is 0 Å². The highest BCUT2D eigenvalue weighted by molar-refractivity contribution is 6.08. The van der Waals surface area contributed by atoms with Crippen LogP contribution in [0.3, 0.4) is 0 Å². The van der Waals surface area contributed by atoms with E-state index in [2.05, 4.69) is 0 Å². The molecule has 2 fully saturated rings. The van der Waals surface area contributed by atoms with Crippen molar-refractivity contribution in [2.24, 2.45) is 11.8 Å². The largest absolute Gasteiger partial charge is 0.454 e. The van der Waals surface area contributed by atoms with E-state index >= 15 is 0 Å². The molecule has 0 saturated carbocycles. The van der Waals surface area contributed by atoms with Crippen LogP contribution >= 0.6 is 0 Å². The van der Waals surface area contributed by atoms with Gasteiger partial charge >= 0.3 is 5.97 Å². The van der Waals surface area contributed by atoms with Gasteiger partial charge in [0.2, 0.25) is 17.7 Å². The molecular weight excluding hydrogens is 328 g/mol. The maximum atomic E-state index is 12.4. The Hall–Kier alpha value is -2.51. The monoisotopic (exact) mass is 348 g/mol. The van der Waals surface area contributed by atoms with Crippen molar-refractivity contribution < 1.29 is 28.7 Å². The van der Waals surface area contributed by atoms with Crippen molar-refractivity contribution in [2.45, 2.75) is 38.6 Å². The third-order valence-electron chi connectivity index (χ3n) is 4.98. The van der Waals surface area contributed by atoms with Gasteiger partial charge in [-0.1, -0.05) is 12.2 Å². The van der Waals surface area contributed by atoms with Crippen molar-refractivity contribution in [1.29, 1.82) is 0 Å². The van der Waals surface area contributed by atoms with Gasteiger partial charge in [0.25, 0.3) is 5.91 Å². The number of carbonyl (C=O) groups excluding carboxylic acids is 5. The van der Waals surface area contributed by atoms with E-state index in [1.54, 1.807) is 0 Å². The van der Waals surface area contributed by atoms with E-state index in [1.807, 2.05) is 12.2 Å². The first-order valence-electron chi connectivity index (χ1n) is 8.43. The molecule has 1 aliphatic carbocycles. The third-order valence-corrected chi connectivity index (χ3v) is 4.98. The Morgan fingerprint density at radius 2 is 1.76 bits per heavy atom. The second-order valence-electron chi connectivity index (χ2n) is 6.53. The second-order valence-corrected chi connectivity index (χ2v) is 6.53. The average Bonchev–Trinajstić information content (AvgIpc) is 3.14. The van der Waals surface area contributed by atoms with Gasteiger partial charge in [0.05, 0.1) is 11.8 Å². The third kappa shape index (κ3) is 3.08. The highest BCUT2D eigenvalue weighted by Gasteiger charge is 2.50. The molecule has 134 valence electrons. The fourth-order valence-corrected chi connectivity index (χ4v) is 3.56. The van der Waals surface area contributed by atoms with Gasteiger partial charge in [-0.25, -0.2) is 4.79 Å². The summed E-state index contributed by atoms with van der Waals surface area (Å²) in [5, 5.41) is 0. The van der Waals surface area contributed by atoms with Crippen LogP contribution in [0.5, 0.6) is 0 Å². The van der Waals surface area contributed by atoms with Gasteiger partial charge in [-0.05, 0) is 26.2 Å². The van der Waals surface area contributed by atoms with Gasteiger partial charge in [-0.3, -0.25) is 29.0 Å². The summed E-state index contributed by atoms with van der Waals surface area (Å²) in [4.78, 5) is 62.5. The molecule has 4 amide bonds. The number of likely N-dealkylation sites (tertiary alicyclic amines) is 2. The van der Waals surface area contributed by atoms with Crippen LogP contribution in [0.25, 0.3) is 0 Å². The maximum Gasteiger partial charge on any atom is 0.329 e. The summed E-state index contributed by atoms with van der Waals surface area (Å²) in [6.45, 7) is 1.16. The van der Waals surface area contributed by atoms with Crippen molar-refractivity contribution >= 4 is 29.6 Å². The molecular formula is C17H20N2O6. The number of carbonyl (C=O) groups is 5. The Labute approximate surface area is 144 Å². The van der Waals surface area contributed by atoms with Crippen molar-refractivity contribution in [3.63, 3.8) is 0 Å². The predicted octanol–water partition coefficient (Wildman–Crippen LogP) is 0.0183. The molecule has 0 aromatic heterocycles. The molecule has 3 rings (SSSR count). The molecule has 0 aromatic carbocycles. The van der Waals surface area contributed by atoms with Gasteiger partial charge in [0, 0.05) is 13.0 Å². The Bertz CT molecular complexity index is 644. The SMILES string of the molecule is C[C@@H](C(=O)OCC(=O)N1CCCC1=O)N1C(=O)[C@@H]2CC=CC[C@H]2C1=O. The first-order chi connectivity index (χ1) is 11.9. The van der Waals surface area contributed by atoms with E-state index in [-0.39, 0.29) is 17.7 Å². The summed E-state index contributed by atoms with van der Waals surface area (Å²) in [7, 11) is 0. The van der Waals surface area contributed by atoms with E-state index < -0.39 is 36.4 Å². The van der Waals surface area contributed by atoms with Gasteiger partial charge in [-0.15, -0.1) is 0 Å². The van der Waals surface area contributed by atoms with E-state index in [9.17, 15) is 24.0 Å². The maximum absolute atomic E-state index is 12.4. The lowest BCUT2D eigenvalue weighted by atomic mass is 9.85. The normalized spacial score (nSPS) is 26.8. The fraction of sp³-hybridized carbons (Fsp3) is 0.588. The number of rotatable bonds is 4. The number of hydrogen-bond acceptors (Lipinski definition) is 6. The van der Waals surface area contributed by atoms with Gasteiger partial charge in [-0.2, -0.15) is 0 Å². The standard InChI is InChI=1S/C17H20N2O6/c1-10(17(24)25-9-14(21)18-8-4-7-13(18)20)19-15(22)11-5-2-3-6-12(11)16(19)23/h2-3,10-12H,4-9H2,1H3/t10-,11+,12+/m0/s1. The minimum absolute atomic E-state index is 0.282. The minimum atomic E-state index is -1.09. The molecule has 3 aliphatic rings. The Balaban J connectivity index is 1.59. The first-order valence-corrected chi connectivity index (χ1v) is 8.43. The van der Waals surface area contributed by atoms with Crippen LogP contribution in [0.15, 0.2) is 12.2 Å². The summed E-state index contributed by atoms with van der Waals surface area (Å²) >= 11 is 0. The number of amides is 4. The minimum Gasteiger partial charge on any atom is -0.454 e. The van der Waals surface area contributed by atoms with Gasteiger partial charge in [0.1, 0.15) is 6.04 Å². The highest BCUT2D eigenvalue weighted by atomic mass is 16.5. The Morgan fingerprint density at radius 3 is 2.28 bits per heavy atom. The van der Waals surface area contributed by atoms with Crippen LogP contribution in [0, 0.1) is 11.8 Å². The topological polar surface area (TPSA) is 101 Å². The molecule has 0 N–H and O–H groups in total. The summed E-state index contributed by atoms with van der Waals surface area (Å²) in [6, 6.07) is -1.09. The number of hydrogen-bond donors (Lipinski definition) is 0. The molecule has 0 aromatic rings. The second kappa shape index (κ2) is 6.78. The lowest BCUT2D eigenvalue weighted by molar-refractivity contribution is -0.161. The van der Waals surface area contributed by atoms with Crippen LogP contribution in [-0.2, 0) is 28.7 Å². The van der Waals surface area contributed by atoms with E-state index in [1.165, 1.54) is 6.92 Å². The molecule has 8 nitrogen and oxygen atoms in total. The molecule has 0 spiro atoms. The van der Waals surface area contributed by atoms with Gasteiger partial charge < -0.3 is 4.74 Å². The smallest absolute Gasteiger partial charge is 0.329 e. The van der Waals surface area contributed by atoms with E-state index in [4.69, 9.17) is 4.74 Å². The lowest BCUT2D eigenvalue weighted by Crippen LogP contribution is -2.45. The van der Waals surface area contributed by atoms with Crippen LogP contribution in [0.1, 0.15) is 32.6 Å². The van der Waals surface area contributed by atoms with Crippen molar-refractivity contribution in [1.82, 2.24) is 9.80 Å². The van der Waals surface area contributed by atoms with Crippen LogP contribution in [-0.4, -0.2) is 58.6 Å². The van der Waals surface area contributed by atoms with Crippen LogP contribution in [0.2, 0.25) is 0 Å². The zero-order valence-electron chi connectivity index (χ0n) is 14.0. The molecule has 2 aliphatic heterocycles.